The van der Waals surface area contributed by atoms with Crippen LogP contribution >= 0.6 is 0 Å². The molecule has 0 aliphatic heterocycles. The quantitative estimate of drug-likeness (QED) is 0.617. The van der Waals surface area contributed by atoms with Crippen molar-refractivity contribution in [3.8, 4) is 11.5 Å². The fourth-order valence-electron chi connectivity index (χ4n) is 2.42. The SMILES string of the molecule is COc1ccccc1OC.[CH2-]CC1[CH-]C(C)(C)C(=O)CC1.[CH3-].[K+]. The van der Waals surface area contributed by atoms with E-state index >= 15 is 0 Å². The minimum atomic E-state index is -0.194. The molecule has 0 spiro atoms. The van der Waals surface area contributed by atoms with Gasteiger partial charge in [0.15, 0.2) is 11.5 Å². The first kappa shape index (κ1) is 25.4. The molecule has 0 aromatic heterocycles. The molecule has 126 valence electrons. The van der Waals surface area contributed by atoms with Crippen molar-refractivity contribution in [2.24, 2.45) is 11.3 Å². The summed E-state index contributed by atoms with van der Waals surface area (Å²) < 4.78 is 10.0. The molecule has 0 heterocycles. The third-order valence-electron chi connectivity index (χ3n) is 3.77. The molecule has 1 unspecified atom stereocenters. The molecule has 23 heavy (non-hydrogen) atoms. The number of benzene rings is 1. The van der Waals surface area contributed by atoms with Gasteiger partial charge in [0, 0.05) is 6.42 Å². The Morgan fingerprint density at radius 1 is 1.22 bits per heavy atom. The predicted molar refractivity (Wildman–Crippen MR) is 91.7 cm³/mol. The summed E-state index contributed by atoms with van der Waals surface area (Å²) in [5.74, 6) is 2.47. The Hall–Kier alpha value is 0.126. The van der Waals surface area contributed by atoms with Gasteiger partial charge in [-0.2, -0.15) is 5.92 Å². The Balaban J connectivity index is 0. The summed E-state index contributed by atoms with van der Waals surface area (Å²) in [5.41, 5.74) is -0.194. The fourth-order valence-corrected chi connectivity index (χ4v) is 2.42. The summed E-state index contributed by atoms with van der Waals surface area (Å²) in [6.45, 7) is 7.85. The summed E-state index contributed by atoms with van der Waals surface area (Å²) in [7, 11) is 3.25. The van der Waals surface area contributed by atoms with Crippen LogP contribution in [0.5, 0.6) is 11.5 Å². The number of para-hydroxylation sites is 2. The van der Waals surface area contributed by atoms with Crippen molar-refractivity contribution in [1.29, 1.82) is 0 Å². The Morgan fingerprint density at radius 3 is 2.04 bits per heavy atom. The van der Waals surface area contributed by atoms with Crippen LogP contribution in [0.4, 0.5) is 0 Å². The first-order valence-corrected chi connectivity index (χ1v) is 7.30. The maximum atomic E-state index is 11.3. The van der Waals surface area contributed by atoms with Crippen LogP contribution in [-0.2, 0) is 4.79 Å². The summed E-state index contributed by atoms with van der Waals surface area (Å²) in [6, 6.07) is 7.53. The third kappa shape index (κ3) is 8.17. The number of Topliss-reactive ketones (excluding diaryl/α,β-unsaturated/α-hetero) is 1. The van der Waals surface area contributed by atoms with E-state index in [1.165, 1.54) is 0 Å². The summed E-state index contributed by atoms with van der Waals surface area (Å²) >= 11 is 0. The van der Waals surface area contributed by atoms with E-state index in [0.717, 1.165) is 30.8 Å². The molecule has 0 amide bonds. The van der Waals surface area contributed by atoms with E-state index in [-0.39, 0.29) is 64.2 Å². The molecular formula is C19H29KO3-2. The van der Waals surface area contributed by atoms with Gasteiger partial charge in [-0.3, -0.25) is 0 Å². The van der Waals surface area contributed by atoms with Crippen LogP contribution in [0.1, 0.15) is 33.1 Å². The summed E-state index contributed by atoms with van der Waals surface area (Å²) in [5, 5.41) is 0. The first-order chi connectivity index (χ1) is 9.94. The summed E-state index contributed by atoms with van der Waals surface area (Å²) in [6.07, 6.45) is 4.83. The van der Waals surface area contributed by atoms with Crippen LogP contribution in [-0.4, -0.2) is 20.0 Å². The van der Waals surface area contributed by atoms with E-state index in [4.69, 9.17) is 9.47 Å². The van der Waals surface area contributed by atoms with Gasteiger partial charge in [-0.25, -0.2) is 6.42 Å². The minimum Gasteiger partial charge on any atom is -0.493 e. The zero-order valence-electron chi connectivity index (χ0n) is 15.5. The molecule has 1 aromatic carbocycles. The number of ketones is 1. The van der Waals surface area contributed by atoms with Crippen molar-refractivity contribution in [2.45, 2.75) is 33.1 Å². The molecule has 1 aliphatic carbocycles. The molecular weight excluding hydrogens is 315 g/mol. The van der Waals surface area contributed by atoms with Gasteiger partial charge < -0.3 is 35.0 Å². The van der Waals surface area contributed by atoms with E-state index < -0.39 is 0 Å². The molecule has 1 aliphatic rings. The van der Waals surface area contributed by atoms with E-state index in [1.54, 1.807) is 14.2 Å². The normalized spacial score (nSPS) is 18.5. The van der Waals surface area contributed by atoms with Gasteiger partial charge in [0.2, 0.25) is 0 Å². The molecule has 0 N–H and O–H groups in total. The Labute approximate surface area is 184 Å². The van der Waals surface area contributed by atoms with Crippen molar-refractivity contribution in [3.05, 3.63) is 45.0 Å². The second-order valence-corrected chi connectivity index (χ2v) is 5.75. The molecule has 1 atom stereocenters. The van der Waals surface area contributed by atoms with Crippen LogP contribution in [0.2, 0.25) is 0 Å². The zero-order chi connectivity index (χ0) is 15.9. The Bertz CT molecular complexity index is 435. The number of methoxy groups -OCH3 is 2. The largest absolute Gasteiger partial charge is 1.00 e. The Morgan fingerprint density at radius 2 is 1.70 bits per heavy atom. The number of ether oxygens (including phenoxy) is 2. The average molecular weight is 345 g/mol. The smallest absolute Gasteiger partial charge is 0.493 e. The number of hydrogen-bond acceptors (Lipinski definition) is 3. The zero-order valence-corrected chi connectivity index (χ0v) is 18.6. The van der Waals surface area contributed by atoms with Crippen LogP contribution in [0.25, 0.3) is 0 Å². The van der Waals surface area contributed by atoms with Gasteiger partial charge in [-0.15, -0.1) is 5.41 Å². The number of carbonyl (C=O) groups excluding carboxylic acids is 1. The van der Waals surface area contributed by atoms with Gasteiger partial charge in [0.25, 0.3) is 0 Å². The second-order valence-electron chi connectivity index (χ2n) is 5.75. The molecule has 1 aromatic rings. The third-order valence-corrected chi connectivity index (χ3v) is 3.77. The van der Waals surface area contributed by atoms with Crippen molar-refractivity contribution in [2.75, 3.05) is 14.2 Å². The number of rotatable bonds is 3. The molecule has 0 saturated heterocycles. The monoisotopic (exact) mass is 344 g/mol. The first-order valence-electron chi connectivity index (χ1n) is 7.30. The average Bonchev–Trinajstić information content (AvgIpc) is 2.50. The van der Waals surface area contributed by atoms with Crippen LogP contribution in [0, 0.1) is 32.1 Å². The van der Waals surface area contributed by atoms with Crippen molar-refractivity contribution in [1.82, 2.24) is 0 Å². The molecule has 4 heteroatoms. The molecule has 0 bridgehead atoms. The molecule has 1 saturated carbocycles. The summed E-state index contributed by atoms with van der Waals surface area (Å²) in [4.78, 5) is 11.3. The van der Waals surface area contributed by atoms with E-state index in [9.17, 15) is 4.79 Å². The minimum absolute atomic E-state index is 0. The van der Waals surface area contributed by atoms with Gasteiger partial charge in [0.05, 0.1) is 14.2 Å². The van der Waals surface area contributed by atoms with Crippen molar-refractivity contribution >= 4 is 5.78 Å². The molecule has 2 rings (SSSR count). The van der Waals surface area contributed by atoms with E-state index in [0.29, 0.717) is 11.7 Å². The van der Waals surface area contributed by atoms with Gasteiger partial charge in [-0.1, -0.05) is 32.4 Å². The van der Waals surface area contributed by atoms with E-state index in [1.807, 2.05) is 38.1 Å². The van der Waals surface area contributed by atoms with Crippen LogP contribution in [0.3, 0.4) is 0 Å². The number of hydrogen-bond donors (Lipinski definition) is 0. The van der Waals surface area contributed by atoms with Crippen molar-refractivity contribution < 1.29 is 65.7 Å². The molecule has 1 fully saturated rings. The maximum Gasteiger partial charge on any atom is 1.00 e. The van der Waals surface area contributed by atoms with E-state index in [2.05, 4.69) is 13.3 Å². The number of carbonyl (C=O) groups is 1. The maximum absolute atomic E-state index is 11.3. The van der Waals surface area contributed by atoms with Gasteiger partial charge >= 0.3 is 51.4 Å². The van der Waals surface area contributed by atoms with Crippen molar-refractivity contribution in [3.63, 3.8) is 0 Å². The Kier molecular flexibility index (Phi) is 13.8. The molecule has 0 radical (unpaired) electrons. The molecule has 3 nitrogen and oxygen atoms in total. The van der Waals surface area contributed by atoms with Crippen LogP contribution < -0.4 is 60.9 Å². The van der Waals surface area contributed by atoms with Crippen LogP contribution in [0.15, 0.2) is 24.3 Å². The standard InChI is InChI=1S/C10H16O.C8H10O2.CH3.K/c1-4-8-5-6-9(11)10(2,3)7-8;1-9-7-5-3-4-6-8(7)10-2;;/h7-8H,1,4-6H2,2-3H3;3-6H,1-2H3;1H3;/q-2;;-1;+1. The van der Waals surface area contributed by atoms with Gasteiger partial charge in [-0.05, 0) is 12.1 Å². The van der Waals surface area contributed by atoms with Gasteiger partial charge in [0.1, 0.15) is 5.78 Å². The fraction of sp³-hybridized carbons (Fsp3) is 0.474. The second kappa shape index (κ2) is 12.5. The predicted octanol–water partition coefficient (Wildman–Crippen LogP) is 1.58. The topological polar surface area (TPSA) is 35.5 Å².